The lowest BCUT2D eigenvalue weighted by atomic mass is 9.94. The van der Waals surface area contributed by atoms with Crippen LogP contribution in [0, 0.1) is 6.92 Å². The lowest BCUT2D eigenvalue weighted by Crippen LogP contribution is -2.48. The van der Waals surface area contributed by atoms with Crippen LogP contribution >= 0.6 is 11.8 Å². The number of pyridine rings is 1. The number of hydrogen-bond donors (Lipinski definition) is 1. The number of para-hydroxylation sites is 2. The van der Waals surface area contributed by atoms with Crippen molar-refractivity contribution in [3.05, 3.63) is 71.3 Å². The van der Waals surface area contributed by atoms with Crippen molar-refractivity contribution in [3.8, 4) is 11.5 Å². The normalized spacial score (nSPS) is 16.4. The van der Waals surface area contributed by atoms with Crippen molar-refractivity contribution in [2.75, 3.05) is 18.9 Å². The molecule has 0 fully saturated rings. The van der Waals surface area contributed by atoms with E-state index >= 15 is 0 Å². The van der Waals surface area contributed by atoms with E-state index in [0.29, 0.717) is 42.7 Å². The minimum absolute atomic E-state index is 0.0956. The molecule has 5 rings (SSSR count). The lowest BCUT2D eigenvalue weighted by molar-refractivity contribution is -0.142. The number of aryl methyl sites for hydroxylation is 1. The van der Waals surface area contributed by atoms with Crippen LogP contribution in [-0.4, -0.2) is 56.7 Å². The molecule has 1 N–H and O–H groups in total. The molecular formula is C25H25N5O4S. The van der Waals surface area contributed by atoms with E-state index in [1.54, 1.807) is 29.4 Å². The van der Waals surface area contributed by atoms with Crippen LogP contribution in [0.15, 0.2) is 54.1 Å². The van der Waals surface area contributed by atoms with Crippen LogP contribution < -0.4 is 14.8 Å². The number of carbonyl (C=O) groups is 2. The van der Waals surface area contributed by atoms with Crippen LogP contribution in [0.2, 0.25) is 0 Å². The summed E-state index contributed by atoms with van der Waals surface area (Å²) in [6, 6.07) is 9.10. The smallest absolute Gasteiger partial charge is 0.267 e. The number of benzene rings is 1. The standard InChI is InChI=1S/C25H25N5O4S/c1-16-19(12-29-23(31)15-35-25-26-8-4-9-27-25)18-7-10-30(13-17(18)11-28-16)24(32)22-14-33-20-5-2-3-6-21(20)34-22/h2-6,8-9,11,22H,7,10,12-15H2,1H3,(H,29,31)/t22-/m1/s1. The Morgan fingerprint density at radius 2 is 1.94 bits per heavy atom. The largest absolute Gasteiger partial charge is 0.485 e. The fraction of sp³-hybridized carbons (Fsp3) is 0.320. The molecule has 35 heavy (non-hydrogen) atoms. The number of aromatic nitrogens is 3. The van der Waals surface area contributed by atoms with Crippen molar-refractivity contribution in [3.63, 3.8) is 0 Å². The van der Waals surface area contributed by atoms with Gasteiger partial charge in [-0.1, -0.05) is 23.9 Å². The number of nitrogens with one attached hydrogen (secondary N) is 1. The third-order valence-corrected chi connectivity index (χ3v) is 6.90. The van der Waals surface area contributed by atoms with E-state index in [0.717, 1.165) is 22.4 Å². The number of fused-ring (bicyclic) bond motifs is 2. The molecule has 1 atom stereocenters. The second-order valence-electron chi connectivity index (χ2n) is 8.30. The van der Waals surface area contributed by atoms with Crippen LogP contribution in [0.3, 0.4) is 0 Å². The third-order valence-electron chi connectivity index (χ3n) is 6.03. The highest BCUT2D eigenvalue weighted by atomic mass is 32.2. The molecule has 1 aromatic carbocycles. The summed E-state index contributed by atoms with van der Waals surface area (Å²) in [6.45, 7) is 3.54. The molecule has 2 aliphatic rings. The molecule has 0 saturated carbocycles. The maximum atomic E-state index is 13.2. The summed E-state index contributed by atoms with van der Waals surface area (Å²) in [7, 11) is 0. The highest BCUT2D eigenvalue weighted by Gasteiger charge is 2.33. The van der Waals surface area contributed by atoms with Gasteiger partial charge < -0.3 is 19.7 Å². The number of thioether (sulfide) groups is 1. The van der Waals surface area contributed by atoms with Gasteiger partial charge in [-0.25, -0.2) is 9.97 Å². The predicted molar refractivity (Wildman–Crippen MR) is 129 cm³/mol. The summed E-state index contributed by atoms with van der Waals surface area (Å²) < 4.78 is 11.6. The molecule has 0 bridgehead atoms. The van der Waals surface area contributed by atoms with Gasteiger partial charge in [0.25, 0.3) is 5.91 Å². The molecule has 0 unspecified atom stereocenters. The topological polar surface area (TPSA) is 107 Å². The van der Waals surface area contributed by atoms with Crippen LogP contribution in [-0.2, 0) is 29.1 Å². The minimum Gasteiger partial charge on any atom is -0.485 e. The molecule has 3 aromatic rings. The Bertz CT molecular complexity index is 1240. The van der Waals surface area contributed by atoms with E-state index in [1.807, 2.05) is 31.3 Å². The SMILES string of the molecule is Cc1ncc2c(c1CNC(=O)CSc1ncccn1)CCN(C(=O)[C@H]1COc3ccccc3O1)C2. The molecule has 0 spiro atoms. The zero-order chi connectivity index (χ0) is 24.2. The number of amides is 2. The van der Waals surface area contributed by atoms with Gasteiger partial charge in [0, 0.05) is 43.9 Å². The summed E-state index contributed by atoms with van der Waals surface area (Å²) in [5.41, 5.74) is 4.02. The zero-order valence-electron chi connectivity index (χ0n) is 19.3. The van der Waals surface area contributed by atoms with Gasteiger partial charge in [-0.2, -0.15) is 0 Å². The van der Waals surface area contributed by atoms with Gasteiger partial charge in [-0.05, 0) is 48.2 Å². The molecule has 180 valence electrons. The highest BCUT2D eigenvalue weighted by molar-refractivity contribution is 7.99. The van der Waals surface area contributed by atoms with Gasteiger partial charge in [0.15, 0.2) is 16.7 Å². The van der Waals surface area contributed by atoms with Crippen LogP contribution in [0.1, 0.15) is 22.4 Å². The number of nitrogens with zero attached hydrogens (tertiary/aromatic N) is 4. The first kappa shape index (κ1) is 23.1. The van der Waals surface area contributed by atoms with E-state index in [1.165, 1.54) is 11.8 Å². The number of rotatable bonds is 6. The average Bonchev–Trinajstić information content (AvgIpc) is 2.91. The van der Waals surface area contributed by atoms with Crippen LogP contribution in [0.5, 0.6) is 11.5 Å². The van der Waals surface area contributed by atoms with Crippen LogP contribution in [0.25, 0.3) is 0 Å². The number of carbonyl (C=O) groups excluding carboxylic acids is 2. The van der Waals surface area contributed by atoms with Crippen molar-refractivity contribution < 1.29 is 19.1 Å². The molecule has 2 aromatic heterocycles. The molecule has 9 nitrogen and oxygen atoms in total. The zero-order valence-corrected chi connectivity index (χ0v) is 20.1. The van der Waals surface area contributed by atoms with Crippen molar-refractivity contribution in [2.45, 2.75) is 37.7 Å². The second kappa shape index (κ2) is 10.3. The van der Waals surface area contributed by atoms with Crippen molar-refractivity contribution in [1.82, 2.24) is 25.2 Å². The summed E-state index contributed by atoms with van der Waals surface area (Å²) in [5.74, 6) is 1.28. The predicted octanol–water partition coefficient (Wildman–Crippen LogP) is 2.31. The molecular weight excluding hydrogens is 466 g/mol. The van der Waals surface area contributed by atoms with Crippen molar-refractivity contribution in [1.29, 1.82) is 0 Å². The Kier molecular flexibility index (Phi) is 6.80. The first-order valence-electron chi connectivity index (χ1n) is 11.4. The van der Waals surface area contributed by atoms with E-state index in [9.17, 15) is 9.59 Å². The quantitative estimate of drug-likeness (QED) is 0.414. The molecule has 0 aliphatic carbocycles. The molecule has 0 saturated heterocycles. The molecule has 4 heterocycles. The second-order valence-corrected chi connectivity index (χ2v) is 9.24. The maximum absolute atomic E-state index is 13.2. The fourth-order valence-corrected chi connectivity index (χ4v) is 4.85. The van der Waals surface area contributed by atoms with E-state index in [4.69, 9.17) is 9.47 Å². The van der Waals surface area contributed by atoms with Gasteiger partial charge in [-0.3, -0.25) is 14.6 Å². The number of ether oxygens (including phenoxy) is 2. The summed E-state index contributed by atoms with van der Waals surface area (Å²) >= 11 is 1.29. The Morgan fingerprint density at radius 3 is 2.77 bits per heavy atom. The van der Waals surface area contributed by atoms with E-state index in [-0.39, 0.29) is 24.2 Å². The molecule has 2 amide bonds. The first-order chi connectivity index (χ1) is 17.1. The minimum atomic E-state index is -0.672. The van der Waals surface area contributed by atoms with Gasteiger partial charge in [0.05, 0.1) is 5.75 Å². The summed E-state index contributed by atoms with van der Waals surface area (Å²) in [6.07, 6.45) is 5.14. The van der Waals surface area contributed by atoms with Crippen molar-refractivity contribution >= 4 is 23.6 Å². The van der Waals surface area contributed by atoms with Gasteiger partial charge in [0.2, 0.25) is 12.0 Å². The summed E-state index contributed by atoms with van der Waals surface area (Å²) in [5, 5.41) is 3.55. The molecule has 0 radical (unpaired) electrons. The summed E-state index contributed by atoms with van der Waals surface area (Å²) in [4.78, 5) is 40.1. The maximum Gasteiger partial charge on any atom is 0.267 e. The Balaban J connectivity index is 1.21. The Hall–Kier alpha value is -3.66. The van der Waals surface area contributed by atoms with Crippen LogP contribution in [0.4, 0.5) is 0 Å². The first-order valence-corrected chi connectivity index (χ1v) is 12.4. The fourth-order valence-electron chi connectivity index (χ4n) is 4.22. The third kappa shape index (κ3) is 5.22. The molecule has 10 heteroatoms. The lowest BCUT2D eigenvalue weighted by Gasteiger charge is -2.34. The average molecular weight is 492 g/mol. The Labute approximate surface area is 207 Å². The molecule has 2 aliphatic heterocycles. The van der Waals surface area contributed by atoms with Crippen molar-refractivity contribution in [2.24, 2.45) is 0 Å². The monoisotopic (exact) mass is 491 g/mol. The van der Waals surface area contributed by atoms with Gasteiger partial charge in [-0.15, -0.1) is 0 Å². The van der Waals surface area contributed by atoms with E-state index < -0.39 is 6.10 Å². The highest BCUT2D eigenvalue weighted by Crippen LogP contribution is 2.32. The number of hydrogen-bond acceptors (Lipinski definition) is 8. The van der Waals surface area contributed by atoms with Gasteiger partial charge in [0.1, 0.15) is 6.61 Å². The van der Waals surface area contributed by atoms with E-state index in [2.05, 4.69) is 20.3 Å². The Morgan fingerprint density at radius 1 is 1.14 bits per heavy atom. The van der Waals surface area contributed by atoms with Gasteiger partial charge >= 0.3 is 0 Å².